The summed E-state index contributed by atoms with van der Waals surface area (Å²) in [5.41, 5.74) is 6.12. The van der Waals surface area contributed by atoms with Gasteiger partial charge in [-0.3, -0.25) is 0 Å². The van der Waals surface area contributed by atoms with Crippen molar-refractivity contribution in [1.82, 2.24) is 9.44 Å². The number of benzene rings is 1. The van der Waals surface area contributed by atoms with Crippen molar-refractivity contribution in [3.63, 3.8) is 0 Å². The number of hydrogen-bond acceptors (Lipinski definition) is 5. The molecule has 0 radical (unpaired) electrons. The zero-order valence-corrected chi connectivity index (χ0v) is 13.1. The van der Waals surface area contributed by atoms with Crippen molar-refractivity contribution >= 4 is 31.6 Å². The first-order valence-electron chi connectivity index (χ1n) is 5.61. The fourth-order valence-corrected chi connectivity index (χ4v) is 3.68. The molecule has 0 fully saturated rings. The molecule has 7 nitrogen and oxygen atoms in total. The van der Waals surface area contributed by atoms with E-state index < -0.39 is 20.0 Å². The summed E-state index contributed by atoms with van der Waals surface area (Å²) in [5, 5.41) is 0.0388. The minimum absolute atomic E-state index is 0.0388. The Bertz CT molecular complexity index is 674. The Morgan fingerprint density at radius 3 is 2.40 bits per heavy atom. The molecule has 114 valence electrons. The molecular weight excluding hydrogens is 326 g/mol. The van der Waals surface area contributed by atoms with Gasteiger partial charge in [-0.25, -0.2) is 26.3 Å². The zero-order valence-electron chi connectivity index (χ0n) is 10.8. The maximum atomic E-state index is 12.0. The monoisotopic (exact) mass is 341 g/mol. The van der Waals surface area contributed by atoms with Gasteiger partial charge in [0.15, 0.2) is 0 Å². The van der Waals surface area contributed by atoms with E-state index in [1.54, 1.807) is 6.07 Å². The van der Waals surface area contributed by atoms with Gasteiger partial charge < -0.3 is 5.73 Å². The van der Waals surface area contributed by atoms with Crippen molar-refractivity contribution in [2.45, 2.75) is 11.4 Å². The molecule has 0 saturated heterocycles. The lowest BCUT2D eigenvalue weighted by molar-refractivity contribution is 0.578. The van der Waals surface area contributed by atoms with Gasteiger partial charge in [-0.1, -0.05) is 17.7 Å². The third kappa shape index (κ3) is 4.69. The topological polar surface area (TPSA) is 118 Å². The van der Waals surface area contributed by atoms with Crippen LogP contribution in [0.1, 0.15) is 5.56 Å². The SMILES string of the molecule is CNS(=O)(=O)CCNS(=O)(=O)c1ccc(CN)cc1Cl. The quantitative estimate of drug-likeness (QED) is 0.625. The minimum atomic E-state index is -3.86. The predicted octanol–water partition coefficient (Wildman–Crippen LogP) is -0.374. The molecule has 0 amide bonds. The van der Waals surface area contributed by atoms with Crippen molar-refractivity contribution in [3.05, 3.63) is 28.8 Å². The fraction of sp³-hybridized carbons (Fsp3) is 0.400. The second-order valence-electron chi connectivity index (χ2n) is 3.89. The maximum absolute atomic E-state index is 12.0. The van der Waals surface area contributed by atoms with Crippen LogP contribution in [0, 0.1) is 0 Å². The van der Waals surface area contributed by atoms with Crippen LogP contribution in [0.3, 0.4) is 0 Å². The third-order valence-electron chi connectivity index (χ3n) is 2.50. The average Bonchev–Trinajstić information content (AvgIpc) is 2.37. The van der Waals surface area contributed by atoms with Gasteiger partial charge in [-0.05, 0) is 24.7 Å². The van der Waals surface area contributed by atoms with Crippen molar-refractivity contribution in [3.8, 4) is 0 Å². The molecule has 10 heteroatoms. The van der Waals surface area contributed by atoms with Crippen LogP contribution in [0.2, 0.25) is 5.02 Å². The number of sulfonamides is 2. The predicted molar refractivity (Wildman–Crippen MR) is 77.4 cm³/mol. The molecule has 0 spiro atoms. The molecular formula is C10H16ClN3O4S2. The van der Waals surface area contributed by atoms with Crippen molar-refractivity contribution < 1.29 is 16.8 Å². The molecule has 0 heterocycles. The molecule has 0 aliphatic rings. The van der Waals surface area contributed by atoms with E-state index in [0.29, 0.717) is 5.56 Å². The Kier molecular flexibility index (Phi) is 5.92. The Morgan fingerprint density at radius 2 is 1.90 bits per heavy atom. The molecule has 0 atom stereocenters. The molecule has 0 aromatic heterocycles. The standard InChI is InChI=1S/C10H16ClN3O4S2/c1-13-19(15,16)5-4-14-20(17,18)10-3-2-8(7-12)6-9(10)11/h2-3,6,13-14H,4-5,7,12H2,1H3. The van der Waals surface area contributed by atoms with Crippen LogP contribution in [0.5, 0.6) is 0 Å². The van der Waals surface area contributed by atoms with Crippen LogP contribution < -0.4 is 15.2 Å². The van der Waals surface area contributed by atoms with Gasteiger partial charge in [-0.15, -0.1) is 0 Å². The summed E-state index contributed by atoms with van der Waals surface area (Å²) >= 11 is 5.88. The van der Waals surface area contributed by atoms with Gasteiger partial charge >= 0.3 is 0 Å². The van der Waals surface area contributed by atoms with E-state index in [-0.39, 0.29) is 28.8 Å². The van der Waals surface area contributed by atoms with Gasteiger partial charge in [0, 0.05) is 13.1 Å². The summed E-state index contributed by atoms with van der Waals surface area (Å²) in [6.07, 6.45) is 0. The highest BCUT2D eigenvalue weighted by molar-refractivity contribution is 7.90. The minimum Gasteiger partial charge on any atom is -0.326 e. The Labute approximate surface area is 123 Å². The van der Waals surface area contributed by atoms with E-state index in [1.165, 1.54) is 19.2 Å². The van der Waals surface area contributed by atoms with E-state index in [0.717, 1.165) is 0 Å². The molecule has 1 aromatic rings. The van der Waals surface area contributed by atoms with Crippen LogP contribution >= 0.6 is 11.6 Å². The highest BCUT2D eigenvalue weighted by Gasteiger charge is 2.18. The summed E-state index contributed by atoms with van der Waals surface area (Å²) in [6, 6.07) is 4.34. The van der Waals surface area contributed by atoms with Crippen molar-refractivity contribution in [2.24, 2.45) is 5.73 Å². The molecule has 0 aliphatic carbocycles. The van der Waals surface area contributed by atoms with E-state index in [2.05, 4.69) is 9.44 Å². The molecule has 0 unspecified atom stereocenters. The van der Waals surface area contributed by atoms with Crippen LogP contribution in [0.15, 0.2) is 23.1 Å². The first-order valence-corrected chi connectivity index (χ1v) is 9.12. The van der Waals surface area contributed by atoms with E-state index in [1.807, 2.05) is 0 Å². The van der Waals surface area contributed by atoms with Crippen molar-refractivity contribution in [1.29, 1.82) is 0 Å². The third-order valence-corrected chi connectivity index (χ3v) is 5.80. The molecule has 0 bridgehead atoms. The number of nitrogens with one attached hydrogen (secondary N) is 2. The zero-order chi connectivity index (χ0) is 15.4. The lowest BCUT2D eigenvalue weighted by Crippen LogP contribution is -2.33. The molecule has 1 aromatic carbocycles. The van der Waals surface area contributed by atoms with Gasteiger partial charge in [0.05, 0.1) is 10.8 Å². The molecule has 1 rings (SSSR count). The Hall–Kier alpha value is -0.710. The van der Waals surface area contributed by atoms with Gasteiger partial charge in [0.25, 0.3) is 0 Å². The first-order chi connectivity index (χ1) is 9.22. The number of nitrogens with two attached hydrogens (primary N) is 1. The molecule has 20 heavy (non-hydrogen) atoms. The molecule has 4 N–H and O–H groups in total. The number of rotatable bonds is 7. The summed E-state index contributed by atoms with van der Waals surface area (Å²) < 4.78 is 50.6. The first kappa shape index (κ1) is 17.3. The number of halogens is 1. The van der Waals surface area contributed by atoms with Gasteiger partial charge in [0.2, 0.25) is 20.0 Å². The summed E-state index contributed by atoms with van der Waals surface area (Å²) in [5.74, 6) is -0.360. The van der Waals surface area contributed by atoms with Crippen molar-refractivity contribution in [2.75, 3.05) is 19.3 Å². The van der Waals surface area contributed by atoms with E-state index in [4.69, 9.17) is 17.3 Å². The van der Waals surface area contributed by atoms with Gasteiger partial charge in [0.1, 0.15) is 4.90 Å². The number of hydrogen-bond donors (Lipinski definition) is 3. The lowest BCUT2D eigenvalue weighted by Gasteiger charge is -2.09. The normalized spacial score (nSPS) is 12.6. The lowest BCUT2D eigenvalue weighted by atomic mass is 10.2. The summed E-state index contributed by atoms with van der Waals surface area (Å²) in [4.78, 5) is -0.113. The maximum Gasteiger partial charge on any atom is 0.242 e. The molecule has 0 saturated carbocycles. The van der Waals surface area contributed by atoms with Crippen LogP contribution in [-0.2, 0) is 26.6 Å². The molecule has 0 aliphatic heterocycles. The smallest absolute Gasteiger partial charge is 0.242 e. The van der Waals surface area contributed by atoms with Gasteiger partial charge in [-0.2, -0.15) is 0 Å². The largest absolute Gasteiger partial charge is 0.326 e. The summed E-state index contributed by atoms with van der Waals surface area (Å²) in [6.45, 7) is -0.00559. The highest BCUT2D eigenvalue weighted by atomic mass is 35.5. The average molecular weight is 342 g/mol. The van der Waals surface area contributed by atoms with Crippen LogP contribution in [-0.4, -0.2) is 36.2 Å². The summed E-state index contributed by atoms with van der Waals surface area (Å²) in [7, 11) is -6.08. The van der Waals surface area contributed by atoms with Crippen LogP contribution in [0.4, 0.5) is 0 Å². The fourth-order valence-electron chi connectivity index (χ4n) is 1.38. The van der Waals surface area contributed by atoms with E-state index >= 15 is 0 Å². The van der Waals surface area contributed by atoms with Crippen LogP contribution in [0.25, 0.3) is 0 Å². The Morgan fingerprint density at radius 1 is 1.25 bits per heavy atom. The second kappa shape index (κ2) is 6.83. The second-order valence-corrected chi connectivity index (χ2v) is 8.08. The Balaban J connectivity index is 2.84. The highest BCUT2D eigenvalue weighted by Crippen LogP contribution is 2.22. The van der Waals surface area contributed by atoms with E-state index in [9.17, 15) is 16.8 Å².